The summed E-state index contributed by atoms with van der Waals surface area (Å²) in [6.07, 6.45) is 7.55. The van der Waals surface area contributed by atoms with Gasteiger partial charge in [-0.15, -0.1) is 0 Å². The molecule has 0 bridgehead atoms. The minimum atomic E-state index is 0.0521. The van der Waals surface area contributed by atoms with Crippen molar-refractivity contribution in [3.8, 4) is 0 Å². The van der Waals surface area contributed by atoms with Gasteiger partial charge in [-0.3, -0.25) is 4.79 Å². The standard InChI is InChI=1S/C15H28N2O2/c1-12-4-2-3-5-13(12)10-17-15(18)11-19-14-6-8-16-9-7-14/h12-14,16H,2-11H2,1H3,(H,17,18). The molecule has 2 rings (SSSR count). The summed E-state index contributed by atoms with van der Waals surface area (Å²) in [6.45, 7) is 5.38. The normalized spacial score (nSPS) is 29.1. The topological polar surface area (TPSA) is 50.4 Å². The van der Waals surface area contributed by atoms with Crippen molar-refractivity contribution in [2.24, 2.45) is 11.8 Å². The highest BCUT2D eigenvalue weighted by Crippen LogP contribution is 2.28. The number of ether oxygens (including phenoxy) is 1. The number of nitrogens with one attached hydrogen (secondary N) is 2. The molecule has 0 spiro atoms. The molecule has 19 heavy (non-hydrogen) atoms. The van der Waals surface area contributed by atoms with Gasteiger partial charge < -0.3 is 15.4 Å². The molecule has 2 atom stereocenters. The first-order valence-electron chi connectivity index (χ1n) is 7.84. The molecule has 110 valence electrons. The van der Waals surface area contributed by atoms with Crippen LogP contribution in [0.1, 0.15) is 45.4 Å². The van der Waals surface area contributed by atoms with Crippen LogP contribution in [0.5, 0.6) is 0 Å². The van der Waals surface area contributed by atoms with Crippen LogP contribution < -0.4 is 10.6 Å². The Morgan fingerprint density at radius 1 is 1.21 bits per heavy atom. The van der Waals surface area contributed by atoms with E-state index in [4.69, 9.17) is 4.74 Å². The molecular weight excluding hydrogens is 240 g/mol. The van der Waals surface area contributed by atoms with Gasteiger partial charge in [-0.1, -0.05) is 26.2 Å². The lowest BCUT2D eigenvalue weighted by Gasteiger charge is -2.29. The second-order valence-corrected chi connectivity index (χ2v) is 6.09. The maximum atomic E-state index is 11.8. The largest absolute Gasteiger partial charge is 0.368 e. The predicted molar refractivity (Wildman–Crippen MR) is 76.0 cm³/mol. The van der Waals surface area contributed by atoms with Crippen molar-refractivity contribution in [1.29, 1.82) is 0 Å². The van der Waals surface area contributed by atoms with E-state index in [1.54, 1.807) is 0 Å². The molecule has 1 aliphatic carbocycles. The van der Waals surface area contributed by atoms with Crippen LogP contribution in [0.15, 0.2) is 0 Å². The summed E-state index contributed by atoms with van der Waals surface area (Å²) in [4.78, 5) is 11.8. The first-order valence-corrected chi connectivity index (χ1v) is 7.84. The first kappa shape index (κ1) is 14.8. The molecule has 1 saturated heterocycles. The molecule has 2 N–H and O–H groups in total. The monoisotopic (exact) mass is 268 g/mol. The SMILES string of the molecule is CC1CCCCC1CNC(=O)COC1CCNCC1. The molecule has 0 radical (unpaired) electrons. The maximum Gasteiger partial charge on any atom is 0.246 e. The van der Waals surface area contributed by atoms with E-state index < -0.39 is 0 Å². The Labute approximate surface area is 116 Å². The number of rotatable bonds is 5. The molecule has 1 saturated carbocycles. The highest BCUT2D eigenvalue weighted by molar-refractivity contribution is 5.77. The lowest BCUT2D eigenvalue weighted by molar-refractivity contribution is -0.128. The minimum absolute atomic E-state index is 0.0521. The van der Waals surface area contributed by atoms with E-state index in [-0.39, 0.29) is 18.6 Å². The Balaban J connectivity index is 1.58. The van der Waals surface area contributed by atoms with Crippen molar-refractivity contribution in [2.45, 2.75) is 51.6 Å². The number of amides is 1. The van der Waals surface area contributed by atoms with Crippen molar-refractivity contribution in [3.63, 3.8) is 0 Å². The zero-order chi connectivity index (χ0) is 13.5. The van der Waals surface area contributed by atoms with Crippen LogP contribution in [-0.2, 0) is 9.53 Å². The fraction of sp³-hybridized carbons (Fsp3) is 0.933. The van der Waals surface area contributed by atoms with Crippen LogP contribution in [0.4, 0.5) is 0 Å². The van der Waals surface area contributed by atoms with Crippen molar-refractivity contribution in [2.75, 3.05) is 26.2 Å². The van der Waals surface area contributed by atoms with Gasteiger partial charge in [-0.2, -0.15) is 0 Å². The van der Waals surface area contributed by atoms with E-state index in [9.17, 15) is 4.79 Å². The lowest BCUT2D eigenvalue weighted by atomic mass is 9.80. The molecule has 2 aliphatic rings. The molecular formula is C15H28N2O2. The van der Waals surface area contributed by atoms with Crippen molar-refractivity contribution in [3.05, 3.63) is 0 Å². The van der Waals surface area contributed by atoms with Gasteiger partial charge >= 0.3 is 0 Å². The highest BCUT2D eigenvalue weighted by atomic mass is 16.5. The third-order valence-corrected chi connectivity index (χ3v) is 4.59. The Morgan fingerprint density at radius 3 is 2.68 bits per heavy atom. The maximum absolute atomic E-state index is 11.8. The van der Waals surface area contributed by atoms with Gasteiger partial charge in [0.25, 0.3) is 0 Å². The minimum Gasteiger partial charge on any atom is -0.368 e. The average Bonchev–Trinajstić information content (AvgIpc) is 2.45. The van der Waals surface area contributed by atoms with Crippen LogP contribution in [0.25, 0.3) is 0 Å². The van der Waals surface area contributed by atoms with Crippen molar-refractivity contribution in [1.82, 2.24) is 10.6 Å². The molecule has 2 fully saturated rings. The average molecular weight is 268 g/mol. The van der Waals surface area contributed by atoms with Crippen LogP contribution in [-0.4, -0.2) is 38.3 Å². The Kier molecular flexibility index (Phi) is 6.11. The quantitative estimate of drug-likeness (QED) is 0.798. The molecule has 0 aromatic rings. The van der Waals surface area contributed by atoms with E-state index >= 15 is 0 Å². The van der Waals surface area contributed by atoms with Crippen LogP contribution in [0.2, 0.25) is 0 Å². The summed E-state index contributed by atoms with van der Waals surface area (Å²) in [7, 11) is 0. The van der Waals surface area contributed by atoms with Crippen molar-refractivity contribution >= 4 is 5.91 Å². The van der Waals surface area contributed by atoms with E-state index in [1.807, 2.05) is 0 Å². The highest BCUT2D eigenvalue weighted by Gasteiger charge is 2.22. The van der Waals surface area contributed by atoms with E-state index in [1.165, 1.54) is 25.7 Å². The number of hydrogen-bond acceptors (Lipinski definition) is 3. The fourth-order valence-corrected chi connectivity index (χ4v) is 3.15. The fourth-order valence-electron chi connectivity index (χ4n) is 3.15. The van der Waals surface area contributed by atoms with Crippen molar-refractivity contribution < 1.29 is 9.53 Å². The number of carbonyl (C=O) groups is 1. The van der Waals surface area contributed by atoms with Gasteiger partial charge in [0, 0.05) is 6.54 Å². The summed E-state index contributed by atoms with van der Waals surface area (Å²) >= 11 is 0. The number of hydrogen-bond donors (Lipinski definition) is 2. The Hall–Kier alpha value is -0.610. The second kappa shape index (κ2) is 7.85. The summed E-state index contributed by atoms with van der Waals surface area (Å²) in [5, 5.41) is 6.34. The van der Waals surface area contributed by atoms with E-state index in [2.05, 4.69) is 17.6 Å². The first-order chi connectivity index (χ1) is 9.25. The molecule has 0 aromatic heterocycles. The molecule has 0 aromatic carbocycles. The Morgan fingerprint density at radius 2 is 1.95 bits per heavy atom. The predicted octanol–water partition coefficient (Wildman–Crippen LogP) is 1.70. The molecule has 1 aliphatic heterocycles. The Bertz CT molecular complexity index is 277. The van der Waals surface area contributed by atoms with Gasteiger partial charge in [0.1, 0.15) is 6.61 Å². The molecule has 4 nitrogen and oxygen atoms in total. The summed E-state index contributed by atoms with van der Waals surface area (Å²) in [6, 6.07) is 0. The van der Waals surface area contributed by atoms with Gasteiger partial charge in [-0.05, 0) is 44.2 Å². The van der Waals surface area contributed by atoms with Gasteiger partial charge in [0.2, 0.25) is 5.91 Å². The second-order valence-electron chi connectivity index (χ2n) is 6.09. The van der Waals surface area contributed by atoms with E-state index in [0.717, 1.165) is 38.4 Å². The number of piperidine rings is 1. The molecule has 1 amide bonds. The number of carbonyl (C=O) groups excluding carboxylic acids is 1. The molecule has 2 unspecified atom stereocenters. The zero-order valence-corrected chi connectivity index (χ0v) is 12.1. The van der Waals surface area contributed by atoms with E-state index in [0.29, 0.717) is 5.92 Å². The summed E-state index contributed by atoms with van der Waals surface area (Å²) in [5.41, 5.74) is 0. The lowest BCUT2D eigenvalue weighted by Crippen LogP contribution is -2.38. The van der Waals surface area contributed by atoms with Gasteiger partial charge in [0.15, 0.2) is 0 Å². The summed E-state index contributed by atoms with van der Waals surface area (Å²) in [5.74, 6) is 1.47. The zero-order valence-electron chi connectivity index (χ0n) is 12.1. The van der Waals surface area contributed by atoms with Crippen LogP contribution in [0, 0.1) is 11.8 Å². The van der Waals surface area contributed by atoms with Gasteiger partial charge in [0.05, 0.1) is 6.10 Å². The van der Waals surface area contributed by atoms with Crippen LogP contribution >= 0.6 is 0 Å². The smallest absolute Gasteiger partial charge is 0.246 e. The molecule has 4 heteroatoms. The summed E-state index contributed by atoms with van der Waals surface area (Å²) < 4.78 is 5.66. The van der Waals surface area contributed by atoms with Gasteiger partial charge in [-0.25, -0.2) is 0 Å². The molecule has 1 heterocycles. The van der Waals surface area contributed by atoms with Crippen LogP contribution in [0.3, 0.4) is 0 Å². The third-order valence-electron chi connectivity index (χ3n) is 4.59. The third kappa shape index (κ3) is 5.11.